The van der Waals surface area contributed by atoms with Gasteiger partial charge < -0.3 is 25.5 Å². The number of carbonyl (C=O) groups is 1. The van der Waals surface area contributed by atoms with E-state index in [1.807, 2.05) is 0 Å². The van der Waals surface area contributed by atoms with E-state index in [9.17, 15) is 30.3 Å². The van der Waals surface area contributed by atoms with Crippen LogP contribution in [0.25, 0.3) is 11.1 Å². The van der Waals surface area contributed by atoms with Gasteiger partial charge in [0.2, 0.25) is 0 Å². The van der Waals surface area contributed by atoms with E-state index in [1.165, 1.54) is 67.6 Å². The Bertz CT molecular complexity index is 1420. The van der Waals surface area contributed by atoms with E-state index in [0.29, 0.717) is 22.3 Å². The second kappa shape index (κ2) is 11.8. The molecule has 5 N–H and O–H groups in total. The Morgan fingerprint density at radius 3 is 1.76 bits per heavy atom. The molecule has 0 radical (unpaired) electrons. The zero-order valence-electron chi connectivity index (χ0n) is 21.2. The van der Waals surface area contributed by atoms with Gasteiger partial charge in [0, 0.05) is 0 Å². The first-order chi connectivity index (χ1) is 18.1. The molecule has 3 rings (SSSR count). The first-order valence-corrected chi connectivity index (χ1v) is 11.8. The van der Waals surface area contributed by atoms with Crippen molar-refractivity contribution in [3.8, 4) is 23.0 Å². The van der Waals surface area contributed by atoms with Crippen LogP contribution >= 0.6 is 0 Å². The Kier molecular flexibility index (Phi) is 8.61. The third-order valence-corrected chi connectivity index (χ3v) is 6.15. The molecule has 0 saturated heterocycles. The second-order valence-corrected chi connectivity index (χ2v) is 8.74. The number of rotatable bonds is 9. The minimum absolute atomic E-state index is 0.0647. The third kappa shape index (κ3) is 5.87. The lowest BCUT2D eigenvalue weighted by molar-refractivity contribution is -0.119. The average molecular weight is 511 g/mol. The maximum atomic E-state index is 14.0. The van der Waals surface area contributed by atoms with Gasteiger partial charge in [0.1, 0.15) is 34.2 Å². The molecule has 38 heavy (non-hydrogen) atoms. The first kappa shape index (κ1) is 27.6. The van der Waals surface area contributed by atoms with Crippen LogP contribution in [0.4, 0.5) is 0 Å². The van der Waals surface area contributed by atoms with Crippen LogP contribution in [-0.4, -0.2) is 31.3 Å². The fraction of sp³-hybridized carbons (Fsp3) is 0.0938. The zero-order chi connectivity index (χ0) is 27.9. The van der Waals surface area contributed by atoms with Crippen LogP contribution in [-0.2, 0) is 10.2 Å². The van der Waals surface area contributed by atoms with Crippen molar-refractivity contribution in [1.82, 2.24) is 0 Å². The van der Waals surface area contributed by atoms with Gasteiger partial charge in [-0.2, -0.15) is 0 Å². The van der Waals surface area contributed by atoms with Crippen LogP contribution < -0.4 is 0 Å². The molecule has 1 atom stereocenters. The van der Waals surface area contributed by atoms with Crippen LogP contribution in [0, 0.1) is 0 Å². The van der Waals surface area contributed by atoms with Crippen molar-refractivity contribution in [1.29, 1.82) is 0 Å². The number of hydrogen-bond donors (Lipinski definition) is 5. The van der Waals surface area contributed by atoms with Crippen molar-refractivity contribution in [2.75, 3.05) is 0 Å². The van der Waals surface area contributed by atoms with E-state index in [0.717, 1.165) is 0 Å². The quantitative estimate of drug-likeness (QED) is 0.124. The number of phenolic OH excluding ortho intramolecular Hbond substituents is 4. The summed E-state index contributed by atoms with van der Waals surface area (Å²) >= 11 is 0. The number of ketones is 1. The number of benzene rings is 3. The molecule has 0 spiro atoms. The molecule has 6 heteroatoms. The van der Waals surface area contributed by atoms with E-state index < -0.39 is 17.0 Å². The number of aliphatic hydroxyl groups excluding tert-OH is 1. The van der Waals surface area contributed by atoms with E-state index in [-0.39, 0.29) is 28.6 Å². The normalized spacial score (nSPS) is 14.3. The predicted molar refractivity (Wildman–Crippen MR) is 150 cm³/mol. The summed E-state index contributed by atoms with van der Waals surface area (Å²) in [4.78, 5) is 14.0. The Hall–Kier alpha value is -4.97. The van der Waals surface area contributed by atoms with E-state index >= 15 is 0 Å². The number of aromatic hydroxyl groups is 4. The van der Waals surface area contributed by atoms with Gasteiger partial charge in [0.25, 0.3) is 0 Å². The molecule has 0 saturated carbocycles. The van der Waals surface area contributed by atoms with Crippen LogP contribution in [0.2, 0.25) is 0 Å². The molecule has 0 bridgehead atoms. The molecule has 0 aliphatic rings. The van der Waals surface area contributed by atoms with Crippen molar-refractivity contribution in [2.24, 2.45) is 0 Å². The summed E-state index contributed by atoms with van der Waals surface area (Å²) in [5.41, 5.74) is 0.160. The van der Waals surface area contributed by atoms with Crippen molar-refractivity contribution in [3.63, 3.8) is 0 Å². The van der Waals surface area contributed by atoms with Crippen LogP contribution in [0.3, 0.4) is 0 Å². The van der Waals surface area contributed by atoms with Crippen molar-refractivity contribution >= 4 is 16.9 Å². The fourth-order valence-corrected chi connectivity index (χ4v) is 4.06. The first-order valence-electron chi connectivity index (χ1n) is 11.8. The molecule has 0 amide bonds. The molecule has 0 fully saturated rings. The molecule has 1 unspecified atom stereocenters. The van der Waals surface area contributed by atoms with E-state index in [4.69, 9.17) is 0 Å². The van der Waals surface area contributed by atoms with Crippen molar-refractivity contribution in [3.05, 3.63) is 132 Å². The minimum Gasteiger partial charge on any atom is -0.511 e. The highest BCUT2D eigenvalue weighted by molar-refractivity contribution is 6.07. The van der Waals surface area contributed by atoms with Gasteiger partial charge >= 0.3 is 0 Å². The summed E-state index contributed by atoms with van der Waals surface area (Å²) in [6.45, 7) is 6.92. The van der Waals surface area contributed by atoms with Crippen LogP contribution in [0.5, 0.6) is 23.0 Å². The van der Waals surface area contributed by atoms with Gasteiger partial charge in [0.15, 0.2) is 5.78 Å². The topological polar surface area (TPSA) is 118 Å². The monoisotopic (exact) mass is 510 g/mol. The summed E-state index contributed by atoms with van der Waals surface area (Å²) in [6.07, 6.45) is 9.26. The molecule has 0 aliphatic carbocycles. The maximum absolute atomic E-state index is 14.0. The van der Waals surface area contributed by atoms with E-state index in [1.54, 1.807) is 49.4 Å². The summed E-state index contributed by atoms with van der Waals surface area (Å²) in [5.74, 6) is -1.67. The van der Waals surface area contributed by atoms with Gasteiger partial charge in [-0.3, -0.25) is 4.79 Å². The van der Waals surface area contributed by atoms with Crippen LogP contribution in [0.1, 0.15) is 30.5 Å². The number of aliphatic hydroxyl groups is 1. The Balaban J connectivity index is 2.26. The highest BCUT2D eigenvalue weighted by Gasteiger charge is 2.42. The number of phenols is 4. The fourth-order valence-electron chi connectivity index (χ4n) is 4.06. The standard InChI is InChI=1S/C32H30O6/c1-4-7-23(21-11-15-25(33)16-12-21)19-29(37)32(3,31-27(35)9-6-10-28(31)36)30(38)20-24(8-5-2)22-13-17-26(34)18-14-22/h4-20,33-37H,1H2,2-3H3/b8-5-,23-7+,24-20+,29-19-. The number of hydrogen-bond acceptors (Lipinski definition) is 6. The van der Waals surface area contributed by atoms with Crippen LogP contribution in [0.15, 0.2) is 116 Å². The molecule has 0 aromatic heterocycles. The predicted octanol–water partition coefficient (Wildman–Crippen LogP) is 6.71. The highest BCUT2D eigenvalue weighted by atomic mass is 16.3. The van der Waals surface area contributed by atoms with Gasteiger partial charge in [-0.05, 0) is 84.7 Å². The smallest absolute Gasteiger partial charge is 0.174 e. The summed E-state index contributed by atoms with van der Waals surface area (Å²) in [5, 5.41) is 52.3. The number of allylic oxidation sites excluding steroid dienone is 9. The lowest BCUT2D eigenvalue weighted by Crippen LogP contribution is -2.34. The molecule has 3 aromatic carbocycles. The SMILES string of the molecule is C=C/C=C(\C=C(/O)C(C)(C(=O)/C=C(\C=C/C)c1ccc(O)cc1)c1c(O)cccc1O)c1ccc(O)cc1. The summed E-state index contributed by atoms with van der Waals surface area (Å²) in [7, 11) is 0. The summed E-state index contributed by atoms with van der Waals surface area (Å²) in [6, 6.07) is 16.6. The second-order valence-electron chi connectivity index (χ2n) is 8.74. The number of carbonyl (C=O) groups excluding carboxylic acids is 1. The highest BCUT2D eigenvalue weighted by Crippen LogP contribution is 2.44. The van der Waals surface area contributed by atoms with Gasteiger partial charge in [-0.15, -0.1) is 0 Å². The van der Waals surface area contributed by atoms with Gasteiger partial charge in [-0.25, -0.2) is 0 Å². The lowest BCUT2D eigenvalue weighted by atomic mass is 9.74. The Morgan fingerprint density at radius 2 is 1.29 bits per heavy atom. The zero-order valence-corrected chi connectivity index (χ0v) is 21.2. The van der Waals surface area contributed by atoms with Gasteiger partial charge in [0.05, 0.1) is 5.56 Å². The molecule has 0 heterocycles. The molecule has 194 valence electrons. The largest absolute Gasteiger partial charge is 0.511 e. The van der Waals surface area contributed by atoms with Gasteiger partial charge in [-0.1, -0.05) is 61.2 Å². The van der Waals surface area contributed by atoms with E-state index in [2.05, 4.69) is 6.58 Å². The maximum Gasteiger partial charge on any atom is 0.174 e. The molecule has 6 nitrogen and oxygen atoms in total. The minimum atomic E-state index is -1.91. The molecular formula is C32H30O6. The molecule has 3 aromatic rings. The molecular weight excluding hydrogens is 480 g/mol. The summed E-state index contributed by atoms with van der Waals surface area (Å²) < 4.78 is 0. The lowest BCUT2D eigenvalue weighted by Gasteiger charge is -2.29. The van der Waals surface area contributed by atoms with Crippen molar-refractivity contribution < 1.29 is 30.3 Å². The van der Waals surface area contributed by atoms with Crippen molar-refractivity contribution in [2.45, 2.75) is 19.3 Å². The average Bonchev–Trinajstić information content (AvgIpc) is 2.88. The Labute approximate surface area is 221 Å². The molecule has 0 aliphatic heterocycles. The third-order valence-electron chi connectivity index (χ3n) is 6.15. The Morgan fingerprint density at radius 1 is 0.789 bits per heavy atom.